The van der Waals surface area contributed by atoms with Gasteiger partial charge in [-0.1, -0.05) is 37.1 Å². The van der Waals surface area contributed by atoms with E-state index < -0.39 is 11.7 Å². The molecule has 0 heterocycles. The Morgan fingerprint density at radius 2 is 1.79 bits per heavy atom. The molecule has 0 spiro atoms. The first-order chi connectivity index (χ1) is 9.04. The summed E-state index contributed by atoms with van der Waals surface area (Å²) in [7, 11) is 0. The van der Waals surface area contributed by atoms with Crippen LogP contribution in [0.2, 0.25) is 0 Å². The number of hydrogen-bond donors (Lipinski definition) is 0. The van der Waals surface area contributed by atoms with Crippen molar-refractivity contribution in [3.63, 3.8) is 0 Å². The van der Waals surface area contributed by atoms with Crippen molar-refractivity contribution >= 4 is 6.21 Å². The van der Waals surface area contributed by atoms with Crippen LogP contribution in [0, 0.1) is 0 Å². The Morgan fingerprint density at radius 3 is 2.37 bits per heavy atom. The summed E-state index contributed by atoms with van der Waals surface area (Å²) in [5, 5.41) is 3.60. The van der Waals surface area contributed by atoms with E-state index in [-0.39, 0.29) is 0 Å². The van der Waals surface area contributed by atoms with Crippen LogP contribution in [0.3, 0.4) is 0 Å². The highest BCUT2D eigenvalue weighted by Gasteiger charge is 2.29. The normalized spacial score (nSPS) is 12.0. The van der Waals surface area contributed by atoms with Gasteiger partial charge in [0.25, 0.3) is 0 Å². The van der Waals surface area contributed by atoms with Gasteiger partial charge in [-0.2, -0.15) is 13.2 Å². The Kier molecular flexibility index (Phi) is 6.39. The van der Waals surface area contributed by atoms with Gasteiger partial charge in [0.05, 0.1) is 5.56 Å². The van der Waals surface area contributed by atoms with E-state index in [1.807, 2.05) is 0 Å². The van der Waals surface area contributed by atoms with E-state index in [1.54, 1.807) is 0 Å². The molecule has 2 nitrogen and oxygen atoms in total. The van der Waals surface area contributed by atoms with Crippen LogP contribution >= 0.6 is 0 Å². The Morgan fingerprint density at radius 1 is 1.11 bits per heavy atom. The molecule has 0 aliphatic carbocycles. The van der Waals surface area contributed by atoms with Crippen LogP contribution in [0.5, 0.6) is 0 Å². The lowest BCUT2D eigenvalue weighted by atomic mass is 10.1. The molecule has 0 N–H and O–H groups in total. The molecule has 0 bridgehead atoms. The van der Waals surface area contributed by atoms with Crippen LogP contribution in [-0.2, 0) is 11.0 Å². The molecular weight excluding hydrogens is 255 g/mol. The standard InChI is InChI=1S/C14H17F3NO/c1-2-3-4-5-10-19-18-11-12-6-8-13(9-7-12)14(15,16)17/h6-9H,2-5,10H2,1H3. The van der Waals surface area contributed by atoms with Gasteiger partial charge in [-0.15, -0.1) is 0 Å². The zero-order valence-corrected chi connectivity index (χ0v) is 10.8. The first-order valence-electron chi connectivity index (χ1n) is 6.29. The van der Waals surface area contributed by atoms with E-state index in [4.69, 9.17) is 4.84 Å². The second kappa shape index (κ2) is 7.81. The summed E-state index contributed by atoms with van der Waals surface area (Å²) in [6.07, 6.45) is 2.56. The molecule has 0 unspecified atom stereocenters. The zero-order valence-electron chi connectivity index (χ0n) is 10.8. The third-order valence-electron chi connectivity index (χ3n) is 2.54. The molecule has 1 rings (SSSR count). The fourth-order valence-corrected chi connectivity index (χ4v) is 1.46. The lowest BCUT2D eigenvalue weighted by Crippen LogP contribution is -2.04. The molecule has 105 valence electrons. The number of rotatable bonds is 7. The predicted molar refractivity (Wildman–Crippen MR) is 68.1 cm³/mol. The quantitative estimate of drug-likeness (QED) is 0.406. The van der Waals surface area contributed by atoms with Crippen molar-refractivity contribution in [1.82, 2.24) is 0 Å². The van der Waals surface area contributed by atoms with Crippen LogP contribution in [0.1, 0.15) is 43.7 Å². The molecule has 1 aromatic carbocycles. The largest absolute Gasteiger partial charge is 0.416 e. The zero-order chi connectivity index (χ0) is 14.1. The molecule has 0 saturated carbocycles. The van der Waals surface area contributed by atoms with Crippen LogP contribution in [0.25, 0.3) is 0 Å². The molecule has 0 fully saturated rings. The maximum absolute atomic E-state index is 12.3. The average molecular weight is 272 g/mol. The van der Waals surface area contributed by atoms with Gasteiger partial charge in [-0.05, 0) is 25.0 Å². The van der Waals surface area contributed by atoms with Gasteiger partial charge in [-0.25, -0.2) is 0 Å². The van der Waals surface area contributed by atoms with Gasteiger partial charge >= 0.3 is 6.18 Å². The van der Waals surface area contributed by atoms with Crippen LogP contribution in [-0.4, -0.2) is 12.8 Å². The molecule has 1 aromatic rings. The lowest BCUT2D eigenvalue weighted by Gasteiger charge is -2.05. The van der Waals surface area contributed by atoms with Crippen molar-refractivity contribution in [2.75, 3.05) is 6.61 Å². The highest BCUT2D eigenvalue weighted by Crippen LogP contribution is 2.28. The van der Waals surface area contributed by atoms with Crippen LogP contribution < -0.4 is 0 Å². The summed E-state index contributed by atoms with van der Waals surface area (Å²) < 4.78 is 36.9. The molecule has 0 aliphatic rings. The van der Waals surface area contributed by atoms with Crippen molar-refractivity contribution < 1.29 is 18.0 Å². The van der Waals surface area contributed by atoms with E-state index in [2.05, 4.69) is 18.3 Å². The number of alkyl halides is 3. The second-order valence-electron chi connectivity index (χ2n) is 4.17. The Balaban J connectivity index is 2.33. The number of unbranched alkanes of at least 4 members (excludes halogenated alkanes) is 3. The van der Waals surface area contributed by atoms with Gasteiger partial charge in [0, 0.05) is 5.56 Å². The summed E-state index contributed by atoms with van der Waals surface area (Å²) in [6, 6.07) is 4.62. The average Bonchev–Trinajstić information content (AvgIpc) is 2.37. The molecule has 0 aromatic heterocycles. The fourth-order valence-electron chi connectivity index (χ4n) is 1.46. The van der Waals surface area contributed by atoms with Gasteiger partial charge in [0.15, 0.2) is 0 Å². The van der Waals surface area contributed by atoms with E-state index in [0.29, 0.717) is 12.2 Å². The van der Waals surface area contributed by atoms with Gasteiger partial charge < -0.3 is 4.84 Å². The second-order valence-corrected chi connectivity index (χ2v) is 4.17. The van der Waals surface area contributed by atoms with E-state index in [0.717, 1.165) is 37.8 Å². The molecule has 0 amide bonds. The SMILES string of the molecule is CCCCCCO/N=[C]/c1ccc(C(F)(F)F)cc1. The molecule has 0 atom stereocenters. The number of nitrogens with zero attached hydrogens (tertiary/aromatic N) is 1. The summed E-state index contributed by atoms with van der Waals surface area (Å²) in [5.74, 6) is 0. The minimum atomic E-state index is -4.31. The van der Waals surface area contributed by atoms with Crippen LogP contribution in [0.15, 0.2) is 29.4 Å². The van der Waals surface area contributed by atoms with Gasteiger partial charge in [-0.3, -0.25) is 0 Å². The first kappa shape index (κ1) is 15.5. The van der Waals surface area contributed by atoms with Crippen molar-refractivity contribution in [2.24, 2.45) is 5.16 Å². The molecule has 19 heavy (non-hydrogen) atoms. The number of hydrogen-bond acceptors (Lipinski definition) is 2. The fraction of sp³-hybridized carbons (Fsp3) is 0.500. The third-order valence-corrected chi connectivity index (χ3v) is 2.54. The summed E-state index contributed by atoms with van der Waals surface area (Å²) in [6.45, 7) is 2.63. The summed E-state index contributed by atoms with van der Waals surface area (Å²) >= 11 is 0. The highest BCUT2D eigenvalue weighted by atomic mass is 19.4. The Labute approximate surface area is 111 Å². The minimum absolute atomic E-state index is 0.460. The molecular formula is C14H17F3NO. The topological polar surface area (TPSA) is 21.6 Å². The van der Waals surface area contributed by atoms with Gasteiger partial charge in [0.1, 0.15) is 12.8 Å². The Hall–Kier alpha value is -1.52. The minimum Gasteiger partial charge on any atom is -0.395 e. The predicted octanol–water partition coefficient (Wildman–Crippen LogP) is 4.51. The highest BCUT2D eigenvalue weighted by molar-refractivity contribution is 5.79. The van der Waals surface area contributed by atoms with Crippen molar-refractivity contribution in [2.45, 2.75) is 38.8 Å². The van der Waals surface area contributed by atoms with E-state index >= 15 is 0 Å². The first-order valence-corrected chi connectivity index (χ1v) is 6.29. The van der Waals surface area contributed by atoms with Crippen molar-refractivity contribution in [1.29, 1.82) is 0 Å². The number of benzene rings is 1. The molecule has 1 radical (unpaired) electrons. The summed E-state index contributed by atoms with van der Waals surface area (Å²) in [4.78, 5) is 4.97. The number of halogens is 3. The van der Waals surface area contributed by atoms with Crippen molar-refractivity contribution in [3.05, 3.63) is 35.4 Å². The molecule has 0 saturated heterocycles. The molecule has 0 aliphatic heterocycles. The maximum Gasteiger partial charge on any atom is 0.416 e. The van der Waals surface area contributed by atoms with Gasteiger partial charge in [0.2, 0.25) is 0 Å². The Bertz CT molecular complexity index is 385. The monoisotopic (exact) mass is 272 g/mol. The smallest absolute Gasteiger partial charge is 0.395 e. The third kappa shape index (κ3) is 6.27. The maximum atomic E-state index is 12.3. The molecule has 5 heteroatoms. The van der Waals surface area contributed by atoms with Crippen LogP contribution in [0.4, 0.5) is 13.2 Å². The van der Waals surface area contributed by atoms with E-state index in [9.17, 15) is 13.2 Å². The van der Waals surface area contributed by atoms with Crippen molar-refractivity contribution in [3.8, 4) is 0 Å². The summed E-state index contributed by atoms with van der Waals surface area (Å²) in [5.41, 5.74) is -0.222. The van der Waals surface area contributed by atoms with E-state index in [1.165, 1.54) is 12.1 Å². The lowest BCUT2D eigenvalue weighted by molar-refractivity contribution is -0.137.